The zero-order chi connectivity index (χ0) is 22.6. The van der Waals surface area contributed by atoms with Gasteiger partial charge in [0.15, 0.2) is 0 Å². The normalized spacial score (nSPS) is 18.2. The van der Waals surface area contributed by atoms with Gasteiger partial charge in [-0.25, -0.2) is 4.57 Å². The van der Waals surface area contributed by atoms with E-state index in [-0.39, 0.29) is 10.8 Å². The fraction of sp³-hybridized carbons (Fsp3) is 0.333. The van der Waals surface area contributed by atoms with E-state index in [1.807, 2.05) is 30.3 Å². The highest BCUT2D eigenvalue weighted by molar-refractivity contribution is 7.62. The molecular formula is C27H31O3P. The van der Waals surface area contributed by atoms with Gasteiger partial charge in [0.1, 0.15) is 5.75 Å². The number of benzene rings is 3. The van der Waals surface area contributed by atoms with Crippen molar-refractivity contribution in [2.75, 3.05) is 0 Å². The molecule has 1 unspecified atom stereocenters. The summed E-state index contributed by atoms with van der Waals surface area (Å²) >= 11 is 0. The maximum absolute atomic E-state index is 13.3. The lowest BCUT2D eigenvalue weighted by atomic mass is 9.82. The van der Waals surface area contributed by atoms with Gasteiger partial charge in [-0.3, -0.25) is 0 Å². The molecule has 1 N–H and O–H groups in total. The lowest BCUT2D eigenvalue weighted by Crippen LogP contribution is -2.22. The lowest BCUT2D eigenvalue weighted by molar-refractivity contribution is 0.390. The Balaban J connectivity index is 1.97. The topological polar surface area (TPSA) is 46.5 Å². The minimum absolute atomic E-state index is 0.0632. The molecule has 162 valence electrons. The summed E-state index contributed by atoms with van der Waals surface area (Å²) in [5, 5.41) is 0.393. The molecule has 3 aromatic carbocycles. The molecule has 1 aliphatic rings. The summed E-state index contributed by atoms with van der Waals surface area (Å²) in [5.74, 6) is 0.527. The Labute approximate surface area is 185 Å². The quantitative estimate of drug-likeness (QED) is 0.454. The summed E-state index contributed by atoms with van der Waals surface area (Å²) in [4.78, 5) is 10.9. The molecule has 0 amide bonds. The molecule has 0 aromatic heterocycles. The lowest BCUT2D eigenvalue weighted by Gasteiger charge is -2.31. The van der Waals surface area contributed by atoms with E-state index in [1.54, 1.807) is 0 Å². The first-order valence-corrected chi connectivity index (χ1v) is 12.3. The van der Waals surface area contributed by atoms with Gasteiger partial charge < -0.3 is 9.42 Å². The SMILES string of the molecule is CC(C)(C)c1cc(Cc2ccccc2)c2c(c1)-c1ccc(C(C)(C)C)cc1P(=O)(O)O2. The molecular weight excluding hydrogens is 403 g/mol. The largest absolute Gasteiger partial charge is 0.420 e. The molecule has 0 saturated carbocycles. The van der Waals surface area contributed by atoms with Crippen molar-refractivity contribution in [2.45, 2.75) is 58.8 Å². The third-order valence-electron chi connectivity index (χ3n) is 5.94. The van der Waals surface area contributed by atoms with Gasteiger partial charge in [-0.15, -0.1) is 0 Å². The highest BCUT2D eigenvalue weighted by Crippen LogP contribution is 2.54. The van der Waals surface area contributed by atoms with E-state index >= 15 is 0 Å². The van der Waals surface area contributed by atoms with Crippen molar-refractivity contribution < 1.29 is 14.0 Å². The van der Waals surface area contributed by atoms with Crippen molar-refractivity contribution in [1.29, 1.82) is 0 Å². The zero-order valence-corrected chi connectivity index (χ0v) is 20.1. The van der Waals surface area contributed by atoms with Crippen LogP contribution in [0, 0.1) is 0 Å². The smallest absolute Gasteiger partial charge is 0.408 e. The van der Waals surface area contributed by atoms with E-state index in [1.165, 1.54) is 5.56 Å². The first-order valence-electron chi connectivity index (χ1n) is 10.8. The second-order valence-electron chi connectivity index (χ2n) is 10.5. The van der Waals surface area contributed by atoms with Gasteiger partial charge in [0, 0.05) is 17.5 Å². The summed E-state index contributed by atoms with van der Waals surface area (Å²) in [6.45, 7) is 12.9. The van der Waals surface area contributed by atoms with Crippen LogP contribution in [0.2, 0.25) is 0 Å². The van der Waals surface area contributed by atoms with E-state index in [9.17, 15) is 9.46 Å². The minimum Gasteiger partial charge on any atom is -0.420 e. The Kier molecular flexibility index (Phi) is 5.19. The van der Waals surface area contributed by atoms with Crippen molar-refractivity contribution in [3.63, 3.8) is 0 Å². The van der Waals surface area contributed by atoms with Gasteiger partial charge in [-0.1, -0.05) is 90.1 Å². The molecule has 4 heteroatoms. The van der Waals surface area contributed by atoms with Crippen molar-refractivity contribution in [3.05, 3.63) is 82.9 Å². The monoisotopic (exact) mass is 434 g/mol. The van der Waals surface area contributed by atoms with Crippen LogP contribution in [0.1, 0.15) is 63.8 Å². The summed E-state index contributed by atoms with van der Waals surface area (Å²) in [6.07, 6.45) is 0.641. The van der Waals surface area contributed by atoms with Crippen LogP contribution < -0.4 is 9.83 Å². The fourth-order valence-electron chi connectivity index (χ4n) is 4.01. The number of hydrogen-bond donors (Lipinski definition) is 1. The Morgan fingerprint density at radius 1 is 0.806 bits per heavy atom. The summed E-state index contributed by atoms with van der Waals surface area (Å²) in [5.41, 5.74) is 5.78. The molecule has 3 nitrogen and oxygen atoms in total. The second kappa shape index (κ2) is 7.36. The molecule has 0 bridgehead atoms. The third kappa shape index (κ3) is 4.22. The molecule has 0 aliphatic carbocycles. The van der Waals surface area contributed by atoms with E-state index in [0.29, 0.717) is 17.5 Å². The minimum atomic E-state index is -3.99. The molecule has 0 fully saturated rings. The van der Waals surface area contributed by atoms with Crippen molar-refractivity contribution in [3.8, 4) is 16.9 Å². The average molecular weight is 435 g/mol. The van der Waals surface area contributed by atoms with Crippen molar-refractivity contribution >= 4 is 12.9 Å². The molecule has 1 atom stereocenters. The maximum Gasteiger partial charge on any atom is 0.408 e. The standard InChI is InChI=1S/C27H31O3P/c1-26(2,3)20-12-13-22-23-16-21(27(4,5)6)15-19(14-18-10-8-7-9-11-18)25(23)30-31(28,29)24(22)17-20/h7-13,15-17H,14H2,1-6H3,(H,28,29). The molecule has 31 heavy (non-hydrogen) atoms. The summed E-state index contributed by atoms with van der Waals surface area (Å²) in [7, 11) is -3.99. The highest BCUT2D eigenvalue weighted by Gasteiger charge is 2.37. The van der Waals surface area contributed by atoms with Crippen LogP contribution >= 0.6 is 7.60 Å². The van der Waals surface area contributed by atoms with E-state index < -0.39 is 7.60 Å². The van der Waals surface area contributed by atoms with Gasteiger partial charge in [-0.05, 0) is 45.2 Å². The van der Waals surface area contributed by atoms with Crippen LogP contribution in [0.25, 0.3) is 11.1 Å². The van der Waals surface area contributed by atoms with E-state index in [0.717, 1.165) is 27.8 Å². The summed E-state index contributed by atoms with van der Waals surface area (Å²) < 4.78 is 19.2. The predicted octanol–water partition coefficient (Wildman–Crippen LogP) is 6.74. The predicted molar refractivity (Wildman–Crippen MR) is 129 cm³/mol. The molecule has 1 aliphatic heterocycles. The van der Waals surface area contributed by atoms with Crippen LogP contribution in [-0.4, -0.2) is 4.89 Å². The zero-order valence-electron chi connectivity index (χ0n) is 19.2. The van der Waals surface area contributed by atoms with Gasteiger partial charge in [0.2, 0.25) is 0 Å². The number of fused-ring (bicyclic) bond motifs is 3. The Hall–Kier alpha value is -2.35. The van der Waals surface area contributed by atoms with Crippen LogP contribution in [0.15, 0.2) is 60.7 Å². The average Bonchev–Trinajstić information content (AvgIpc) is 2.67. The van der Waals surface area contributed by atoms with E-state index in [2.05, 4.69) is 71.9 Å². The molecule has 0 spiro atoms. The van der Waals surface area contributed by atoms with Gasteiger partial charge >= 0.3 is 7.60 Å². The number of hydrogen-bond acceptors (Lipinski definition) is 2. The Morgan fingerprint density at radius 3 is 2.06 bits per heavy atom. The molecule has 0 radical (unpaired) electrons. The van der Waals surface area contributed by atoms with Crippen LogP contribution in [0.3, 0.4) is 0 Å². The molecule has 1 heterocycles. The van der Waals surface area contributed by atoms with Gasteiger partial charge in [0.05, 0.1) is 5.30 Å². The highest BCUT2D eigenvalue weighted by atomic mass is 31.2. The Morgan fingerprint density at radius 2 is 1.45 bits per heavy atom. The van der Waals surface area contributed by atoms with Gasteiger partial charge in [0.25, 0.3) is 0 Å². The molecule has 4 rings (SSSR count). The number of rotatable bonds is 2. The van der Waals surface area contributed by atoms with Crippen LogP contribution in [-0.2, 0) is 21.8 Å². The van der Waals surface area contributed by atoms with Crippen molar-refractivity contribution in [1.82, 2.24) is 0 Å². The summed E-state index contributed by atoms with van der Waals surface area (Å²) in [6, 6.07) is 20.3. The fourth-order valence-corrected chi connectivity index (χ4v) is 5.37. The van der Waals surface area contributed by atoms with Crippen LogP contribution in [0.4, 0.5) is 0 Å². The molecule has 3 aromatic rings. The Bertz CT molecular complexity index is 1180. The third-order valence-corrected chi connectivity index (χ3v) is 7.35. The van der Waals surface area contributed by atoms with Gasteiger partial charge in [-0.2, -0.15) is 0 Å². The first-order chi connectivity index (χ1) is 14.4. The van der Waals surface area contributed by atoms with E-state index in [4.69, 9.17) is 4.52 Å². The molecule has 0 saturated heterocycles. The van der Waals surface area contributed by atoms with Crippen LogP contribution in [0.5, 0.6) is 5.75 Å². The first kappa shape index (κ1) is 21.9. The van der Waals surface area contributed by atoms with Crippen molar-refractivity contribution in [2.24, 2.45) is 0 Å². The maximum atomic E-state index is 13.3. The second-order valence-corrected chi connectivity index (χ2v) is 12.2.